The molecule has 2 N–H and O–H groups in total. The lowest BCUT2D eigenvalue weighted by Gasteiger charge is -2.35. The summed E-state index contributed by atoms with van der Waals surface area (Å²) in [6, 6.07) is 14.7. The molecule has 1 saturated heterocycles. The highest BCUT2D eigenvalue weighted by molar-refractivity contribution is 14.0. The van der Waals surface area contributed by atoms with Crippen LogP contribution in [0, 0.1) is 0 Å². The number of hydrogen-bond donors (Lipinski definition) is 2. The first-order valence-electron chi connectivity index (χ1n) is 11.1. The van der Waals surface area contributed by atoms with Crippen LogP contribution < -0.4 is 16.2 Å². The van der Waals surface area contributed by atoms with Gasteiger partial charge >= 0.3 is 0 Å². The monoisotopic (exact) mass is 537 g/mol. The van der Waals surface area contributed by atoms with Gasteiger partial charge in [-0.05, 0) is 50.8 Å². The highest BCUT2D eigenvalue weighted by Crippen LogP contribution is 2.13. The molecule has 0 spiro atoms. The number of aliphatic imine (C=N–C) groups is 1. The number of aromatic nitrogens is 1. The average Bonchev–Trinajstić information content (AvgIpc) is 2.75. The van der Waals surface area contributed by atoms with Crippen LogP contribution in [0.15, 0.2) is 58.4 Å². The summed E-state index contributed by atoms with van der Waals surface area (Å²) in [7, 11) is 0. The number of likely N-dealkylation sites (tertiary alicyclic amines) is 1. The van der Waals surface area contributed by atoms with E-state index in [9.17, 15) is 4.79 Å². The smallest absolute Gasteiger partial charge is 0.250 e. The van der Waals surface area contributed by atoms with E-state index in [-0.39, 0.29) is 29.5 Å². The Morgan fingerprint density at radius 3 is 2.39 bits per heavy atom. The lowest BCUT2D eigenvalue weighted by atomic mass is 10.0. The third kappa shape index (κ3) is 7.96. The van der Waals surface area contributed by atoms with Crippen molar-refractivity contribution < 1.29 is 0 Å². The van der Waals surface area contributed by atoms with Crippen molar-refractivity contribution >= 4 is 29.9 Å². The summed E-state index contributed by atoms with van der Waals surface area (Å²) in [4.78, 5) is 19.2. The molecule has 31 heavy (non-hydrogen) atoms. The molecule has 0 aliphatic carbocycles. The molecular formula is C24H36IN5O. The fourth-order valence-corrected chi connectivity index (χ4v) is 3.78. The Hall–Kier alpha value is -1.87. The third-order valence-electron chi connectivity index (χ3n) is 5.64. The van der Waals surface area contributed by atoms with Crippen LogP contribution in [-0.2, 0) is 13.1 Å². The molecule has 1 fully saturated rings. The summed E-state index contributed by atoms with van der Waals surface area (Å²) in [5.74, 6) is 0.889. The van der Waals surface area contributed by atoms with Gasteiger partial charge in [-0.3, -0.25) is 4.79 Å². The minimum Gasteiger partial charge on any atom is -0.357 e. The van der Waals surface area contributed by atoms with Crippen molar-refractivity contribution in [2.45, 2.75) is 58.8 Å². The van der Waals surface area contributed by atoms with E-state index in [0.717, 1.165) is 49.6 Å². The van der Waals surface area contributed by atoms with Crippen LogP contribution in [0.3, 0.4) is 0 Å². The number of piperidine rings is 1. The number of rotatable bonds is 7. The standard InChI is InChI=1S/C24H35N5O.HI/c1-4-25-24(27-22-12-15-28(16-13-22)19(2)3)26-17-20-8-10-21(11-9-20)18-29-14-6-5-7-23(29)30;/h5-11,14,19,22H,4,12-13,15-18H2,1-3H3,(H2,25,26,27);1H. The van der Waals surface area contributed by atoms with E-state index in [1.807, 2.05) is 12.3 Å². The molecule has 0 atom stereocenters. The van der Waals surface area contributed by atoms with E-state index >= 15 is 0 Å². The number of nitrogens with one attached hydrogen (secondary N) is 2. The predicted octanol–water partition coefficient (Wildman–Crippen LogP) is 3.44. The number of benzene rings is 1. The van der Waals surface area contributed by atoms with E-state index in [1.54, 1.807) is 16.7 Å². The maximum absolute atomic E-state index is 11.9. The maximum Gasteiger partial charge on any atom is 0.250 e. The molecule has 1 aromatic carbocycles. The van der Waals surface area contributed by atoms with Gasteiger partial charge in [-0.1, -0.05) is 30.3 Å². The summed E-state index contributed by atoms with van der Waals surface area (Å²) in [6.45, 7) is 11.0. The molecule has 3 rings (SSSR count). The molecule has 7 heteroatoms. The number of hydrogen-bond acceptors (Lipinski definition) is 3. The zero-order valence-corrected chi connectivity index (χ0v) is 21.2. The molecule has 2 heterocycles. The molecule has 0 saturated carbocycles. The quantitative estimate of drug-likeness (QED) is 0.323. The number of guanidine groups is 1. The largest absolute Gasteiger partial charge is 0.357 e. The third-order valence-corrected chi connectivity index (χ3v) is 5.64. The van der Waals surface area contributed by atoms with E-state index in [1.165, 1.54) is 0 Å². The molecular weight excluding hydrogens is 501 g/mol. The van der Waals surface area contributed by atoms with E-state index in [0.29, 0.717) is 25.2 Å². The lowest BCUT2D eigenvalue weighted by Crippen LogP contribution is -2.49. The van der Waals surface area contributed by atoms with Gasteiger partial charge in [0, 0.05) is 44.0 Å². The van der Waals surface area contributed by atoms with E-state index in [4.69, 9.17) is 4.99 Å². The molecule has 170 valence electrons. The molecule has 6 nitrogen and oxygen atoms in total. The molecule has 0 bridgehead atoms. The summed E-state index contributed by atoms with van der Waals surface area (Å²) in [5, 5.41) is 6.98. The fourth-order valence-electron chi connectivity index (χ4n) is 3.78. The Morgan fingerprint density at radius 2 is 1.77 bits per heavy atom. The van der Waals surface area contributed by atoms with E-state index in [2.05, 4.69) is 60.6 Å². The van der Waals surface area contributed by atoms with Crippen LogP contribution >= 0.6 is 24.0 Å². The van der Waals surface area contributed by atoms with Crippen LogP contribution in [0.4, 0.5) is 0 Å². The second-order valence-electron chi connectivity index (χ2n) is 8.23. The Kier molecular flexibility index (Phi) is 10.5. The normalized spacial score (nSPS) is 15.5. The van der Waals surface area contributed by atoms with Crippen molar-refractivity contribution in [2.75, 3.05) is 19.6 Å². The molecule has 1 aliphatic rings. The van der Waals surface area contributed by atoms with Crippen molar-refractivity contribution in [3.63, 3.8) is 0 Å². The molecule has 1 aliphatic heterocycles. The van der Waals surface area contributed by atoms with Gasteiger partial charge in [-0.2, -0.15) is 0 Å². The minimum atomic E-state index is 0. The summed E-state index contributed by atoms with van der Waals surface area (Å²) < 4.78 is 1.71. The maximum atomic E-state index is 11.9. The van der Waals surface area contributed by atoms with Crippen LogP contribution in [0.2, 0.25) is 0 Å². The first-order valence-corrected chi connectivity index (χ1v) is 11.1. The molecule has 0 unspecified atom stereocenters. The average molecular weight is 537 g/mol. The van der Waals surface area contributed by atoms with Crippen molar-refractivity contribution in [2.24, 2.45) is 4.99 Å². The Labute approximate surface area is 203 Å². The zero-order valence-electron chi connectivity index (χ0n) is 18.9. The van der Waals surface area contributed by atoms with Crippen molar-refractivity contribution in [3.8, 4) is 0 Å². The van der Waals surface area contributed by atoms with Crippen molar-refractivity contribution in [1.82, 2.24) is 20.1 Å². The highest BCUT2D eigenvalue weighted by Gasteiger charge is 2.21. The van der Waals surface area contributed by atoms with Gasteiger partial charge in [0.15, 0.2) is 5.96 Å². The Bertz CT molecular complexity index is 870. The Balaban J connectivity index is 0.00000341. The second-order valence-corrected chi connectivity index (χ2v) is 8.23. The molecule has 1 aromatic heterocycles. The predicted molar refractivity (Wildman–Crippen MR) is 139 cm³/mol. The summed E-state index contributed by atoms with van der Waals surface area (Å²) in [5.41, 5.74) is 2.29. The summed E-state index contributed by atoms with van der Waals surface area (Å²) >= 11 is 0. The minimum absolute atomic E-state index is 0. The molecule has 0 amide bonds. The SMILES string of the molecule is CCNC(=NCc1ccc(Cn2ccccc2=O)cc1)NC1CCN(C(C)C)CC1.I. The number of pyridine rings is 1. The van der Waals surface area contributed by atoms with Gasteiger partial charge < -0.3 is 20.1 Å². The van der Waals surface area contributed by atoms with Gasteiger partial charge in [-0.25, -0.2) is 4.99 Å². The number of nitrogens with zero attached hydrogens (tertiary/aromatic N) is 3. The van der Waals surface area contributed by atoms with Crippen LogP contribution in [0.1, 0.15) is 44.7 Å². The van der Waals surface area contributed by atoms with Gasteiger partial charge in [0.1, 0.15) is 0 Å². The lowest BCUT2D eigenvalue weighted by molar-refractivity contribution is 0.167. The first kappa shape index (κ1) is 25.4. The Morgan fingerprint density at radius 1 is 1.10 bits per heavy atom. The van der Waals surface area contributed by atoms with Crippen molar-refractivity contribution in [3.05, 3.63) is 70.1 Å². The van der Waals surface area contributed by atoms with Gasteiger partial charge in [0.25, 0.3) is 5.56 Å². The van der Waals surface area contributed by atoms with Gasteiger partial charge in [-0.15, -0.1) is 24.0 Å². The van der Waals surface area contributed by atoms with Crippen LogP contribution in [0.25, 0.3) is 0 Å². The highest BCUT2D eigenvalue weighted by atomic mass is 127. The second kappa shape index (κ2) is 12.9. The first-order chi connectivity index (χ1) is 14.5. The zero-order chi connectivity index (χ0) is 21.3. The van der Waals surface area contributed by atoms with Crippen LogP contribution in [-0.4, -0.2) is 47.1 Å². The van der Waals surface area contributed by atoms with Gasteiger partial charge in [0.05, 0.1) is 13.1 Å². The van der Waals surface area contributed by atoms with Crippen LogP contribution in [0.5, 0.6) is 0 Å². The van der Waals surface area contributed by atoms with Crippen molar-refractivity contribution in [1.29, 1.82) is 0 Å². The number of halogens is 1. The van der Waals surface area contributed by atoms with Gasteiger partial charge in [0.2, 0.25) is 0 Å². The fraction of sp³-hybridized carbons (Fsp3) is 0.500. The summed E-state index contributed by atoms with van der Waals surface area (Å²) in [6.07, 6.45) is 4.12. The molecule has 2 aromatic rings. The van der Waals surface area contributed by atoms with E-state index < -0.39 is 0 Å². The molecule has 0 radical (unpaired) electrons. The topological polar surface area (TPSA) is 61.7 Å².